The maximum Gasteiger partial charge on any atom is 0.159 e. The molecule has 0 spiro atoms. The van der Waals surface area contributed by atoms with Gasteiger partial charge in [-0.2, -0.15) is 0 Å². The van der Waals surface area contributed by atoms with E-state index in [1.165, 1.54) is 37.7 Å². The molecule has 1 heterocycles. The van der Waals surface area contributed by atoms with Crippen LogP contribution in [0.4, 0.5) is 4.39 Å². The minimum Gasteiger partial charge on any atom is -0.491 e. The predicted molar refractivity (Wildman–Crippen MR) is 135 cm³/mol. The fourth-order valence-corrected chi connectivity index (χ4v) is 3.82. The summed E-state index contributed by atoms with van der Waals surface area (Å²) >= 11 is 0. The number of unbranched alkanes of at least 4 members (excludes halogenated alkanes) is 5. The average molecular weight is 449 g/mol. The Bertz CT molecular complexity index is 923. The molecule has 2 aromatic carbocycles. The van der Waals surface area contributed by atoms with Gasteiger partial charge in [0.1, 0.15) is 18.5 Å². The maximum absolute atomic E-state index is 13.8. The molecule has 0 aliphatic carbocycles. The zero-order valence-corrected chi connectivity index (χ0v) is 20.1. The number of alkyl halides is 1. The second-order valence-electron chi connectivity index (χ2n) is 8.73. The molecule has 0 aliphatic heterocycles. The van der Waals surface area contributed by atoms with Crippen LogP contribution in [0.25, 0.3) is 22.5 Å². The topological polar surface area (TPSA) is 35.0 Å². The summed E-state index contributed by atoms with van der Waals surface area (Å²) in [5.74, 6) is 1.33. The third kappa shape index (κ3) is 8.27. The Labute approximate surface area is 198 Å². The van der Waals surface area contributed by atoms with Gasteiger partial charge in [0, 0.05) is 23.5 Å². The van der Waals surface area contributed by atoms with E-state index in [1.807, 2.05) is 36.7 Å². The lowest BCUT2D eigenvalue weighted by Gasteiger charge is -2.10. The highest BCUT2D eigenvalue weighted by Crippen LogP contribution is 2.23. The van der Waals surface area contributed by atoms with E-state index in [4.69, 9.17) is 4.74 Å². The molecule has 0 N–H and O–H groups in total. The van der Waals surface area contributed by atoms with Crippen molar-refractivity contribution in [1.29, 1.82) is 0 Å². The smallest absolute Gasteiger partial charge is 0.159 e. The van der Waals surface area contributed by atoms with Crippen LogP contribution in [-0.4, -0.2) is 22.7 Å². The Morgan fingerprint density at radius 1 is 0.727 bits per heavy atom. The van der Waals surface area contributed by atoms with Gasteiger partial charge in [-0.15, -0.1) is 0 Å². The van der Waals surface area contributed by atoms with Crippen LogP contribution in [0.3, 0.4) is 0 Å². The van der Waals surface area contributed by atoms with Gasteiger partial charge in [-0.05, 0) is 54.7 Å². The van der Waals surface area contributed by atoms with Crippen LogP contribution in [0.2, 0.25) is 0 Å². The molecular formula is C29H37FN2O. The summed E-state index contributed by atoms with van der Waals surface area (Å²) in [6.07, 6.45) is 12.9. The molecule has 33 heavy (non-hydrogen) atoms. The second-order valence-corrected chi connectivity index (χ2v) is 8.73. The molecule has 0 aliphatic rings. The minimum atomic E-state index is -0.916. The summed E-state index contributed by atoms with van der Waals surface area (Å²) in [6, 6.07) is 16.3. The molecule has 0 saturated carbocycles. The summed E-state index contributed by atoms with van der Waals surface area (Å²) in [6.45, 7) is 4.41. The Hall–Kier alpha value is -2.75. The molecule has 0 radical (unpaired) electrons. The van der Waals surface area contributed by atoms with Gasteiger partial charge in [0.05, 0.1) is 0 Å². The molecule has 1 atom stereocenters. The summed E-state index contributed by atoms with van der Waals surface area (Å²) in [5, 5.41) is 0. The van der Waals surface area contributed by atoms with Crippen LogP contribution in [0.5, 0.6) is 5.75 Å². The van der Waals surface area contributed by atoms with Crippen molar-refractivity contribution in [3.8, 4) is 28.3 Å². The van der Waals surface area contributed by atoms with E-state index >= 15 is 0 Å². The lowest BCUT2D eigenvalue weighted by Crippen LogP contribution is -2.12. The van der Waals surface area contributed by atoms with Crippen LogP contribution in [0.1, 0.15) is 70.8 Å². The van der Waals surface area contributed by atoms with E-state index in [9.17, 15) is 4.39 Å². The summed E-state index contributed by atoms with van der Waals surface area (Å²) < 4.78 is 19.3. The number of aryl methyl sites for hydroxylation is 1. The van der Waals surface area contributed by atoms with Crippen molar-refractivity contribution in [2.75, 3.05) is 6.61 Å². The Morgan fingerprint density at radius 2 is 1.36 bits per heavy atom. The van der Waals surface area contributed by atoms with E-state index < -0.39 is 6.17 Å². The highest BCUT2D eigenvalue weighted by molar-refractivity contribution is 5.64. The van der Waals surface area contributed by atoms with Crippen LogP contribution >= 0.6 is 0 Å². The standard InChI is InChI=1S/C29H37FN2O/c1-3-5-7-8-9-10-23-12-14-24(15-13-23)26-20-31-29(32-21-26)25-16-18-28(19-17-25)33-22-27(30)11-6-4-2/h12-21,27H,3-11,22H2,1-2H3. The van der Waals surface area contributed by atoms with Gasteiger partial charge in [-0.3, -0.25) is 0 Å². The van der Waals surface area contributed by atoms with Gasteiger partial charge < -0.3 is 4.74 Å². The first-order chi connectivity index (χ1) is 16.2. The van der Waals surface area contributed by atoms with Crippen LogP contribution < -0.4 is 4.74 Å². The number of rotatable bonds is 14. The van der Waals surface area contributed by atoms with Crippen molar-refractivity contribution in [2.24, 2.45) is 0 Å². The van der Waals surface area contributed by atoms with E-state index in [-0.39, 0.29) is 6.61 Å². The third-order valence-electron chi connectivity index (χ3n) is 5.92. The lowest BCUT2D eigenvalue weighted by molar-refractivity contribution is 0.184. The number of benzene rings is 2. The Kier molecular flexibility index (Phi) is 10.3. The van der Waals surface area contributed by atoms with Gasteiger partial charge in [-0.1, -0.05) is 76.6 Å². The largest absolute Gasteiger partial charge is 0.491 e. The lowest BCUT2D eigenvalue weighted by atomic mass is 10.0. The van der Waals surface area contributed by atoms with E-state index in [1.54, 1.807) is 0 Å². The Balaban J connectivity index is 1.52. The fourth-order valence-electron chi connectivity index (χ4n) is 3.82. The van der Waals surface area contributed by atoms with E-state index in [0.29, 0.717) is 18.0 Å². The van der Waals surface area contributed by atoms with Gasteiger partial charge >= 0.3 is 0 Å². The number of aromatic nitrogens is 2. The summed E-state index contributed by atoms with van der Waals surface area (Å²) in [5.41, 5.74) is 4.44. The molecule has 4 heteroatoms. The summed E-state index contributed by atoms with van der Waals surface area (Å²) in [4.78, 5) is 9.10. The van der Waals surface area contributed by atoms with Crippen molar-refractivity contribution in [3.63, 3.8) is 0 Å². The number of hydrogen-bond acceptors (Lipinski definition) is 3. The van der Waals surface area contributed by atoms with Crippen LogP contribution in [-0.2, 0) is 6.42 Å². The normalized spacial score (nSPS) is 12.0. The van der Waals surface area contributed by atoms with Crippen molar-refractivity contribution < 1.29 is 9.13 Å². The van der Waals surface area contributed by atoms with Crippen molar-refractivity contribution in [1.82, 2.24) is 9.97 Å². The molecule has 3 nitrogen and oxygen atoms in total. The van der Waals surface area contributed by atoms with Crippen molar-refractivity contribution >= 4 is 0 Å². The maximum atomic E-state index is 13.8. The zero-order chi connectivity index (χ0) is 23.3. The molecule has 3 aromatic rings. The van der Waals surface area contributed by atoms with Gasteiger partial charge in [0.25, 0.3) is 0 Å². The second kappa shape index (κ2) is 13.7. The number of hydrogen-bond donors (Lipinski definition) is 0. The monoisotopic (exact) mass is 448 g/mol. The average Bonchev–Trinajstić information content (AvgIpc) is 2.87. The predicted octanol–water partition coefficient (Wildman–Crippen LogP) is 8.23. The number of halogens is 1. The molecule has 1 aromatic heterocycles. The molecule has 0 amide bonds. The molecule has 1 unspecified atom stereocenters. The van der Waals surface area contributed by atoms with Gasteiger partial charge in [0.2, 0.25) is 0 Å². The van der Waals surface area contributed by atoms with Gasteiger partial charge in [-0.25, -0.2) is 14.4 Å². The number of ether oxygens (including phenoxy) is 1. The molecule has 0 fully saturated rings. The molecule has 3 rings (SSSR count). The van der Waals surface area contributed by atoms with E-state index in [2.05, 4.69) is 48.1 Å². The highest BCUT2D eigenvalue weighted by atomic mass is 19.1. The van der Waals surface area contributed by atoms with Gasteiger partial charge in [0.15, 0.2) is 5.82 Å². The minimum absolute atomic E-state index is 0.0994. The number of nitrogens with zero attached hydrogens (tertiary/aromatic N) is 2. The van der Waals surface area contributed by atoms with Crippen LogP contribution in [0.15, 0.2) is 60.9 Å². The van der Waals surface area contributed by atoms with Crippen LogP contribution in [0, 0.1) is 0 Å². The Morgan fingerprint density at radius 3 is 2.03 bits per heavy atom. The van der Waals surface area contributed by atoms with Crippen molar-refractivity contribution in [3.05, 3.63) is 66.5 Å². The van der Waals surface area contributed by atoms with Crippen molar-refractivity contribution in [2.45, 2.75) is 77.8 Å². The molecule has 0 bridgehead atoms. The highest BCUT2D eigenvalue weighted by Gasteiger charge is 2.08. The molecule has 176 valence electrons. The first kappa shape index (κ1) is 24.9. The third-order valence-corrected chi connectivity index (χ3v) is 5.92. The summed E-state index contributed by atoms with van der Waals surface area (Å²) in [7, 11) is 0. The molecule has 0 saturated heterocycles. The SMILES string of the molecule is CCCCCCCc1ccc(-c2cnc(-c3ccc(OCC(F)CCCC)cc3)nc2)cc1. The fraction of sp³-hybridized carbons (Fsp3) is 0.448. The first-order valence-corrected chi connectivity index (χ1v) is 12.5. The van der Waals surface area contributed by atoms with E-state index in [0.717, 1.165) is 36.0 Å². The molecular weight excluding hydrogens is 411 g/mol. The quantitative estimate of drug-likeness (QED) is 0.233. The first-order valence-electron chi connectivity index (χ1n) is 12.5. The zero-order valence-electron chi connectivity index (χ0n) is 20.1.